The quantitative estimate of drug-likeness (QED) is 0.483. The van der Waals surface area contributed by atoms with Gasteiger partial charge in [-0.1, -0.05) is 12.1 Å². The van der Waals surface area contributed by atoms with Crippen LogP contribution in [0.4, 0.5) is 0 Å². The van der Waals surface area contributed by atoms with Crippen LogP contribution in [0.25, 0.3) is 0 Å². The SMILES string of the molecule is C[n+]1ccn(CCCN=Cc2ccccc2O)c1. The van der Waals surface area contributed by atoms with Gasteiger partial charge in [0.05, 0.1) is 13.6 Å². The summed E-state index contributed by atoms with van der Waals surface area (Å²) < 4.78 is 4.15. The molecule has 0 atom stereocenters. The molecule has 1 N–H and O–H groups in total. The van der Waals surface area contributed by atoms with E-state index in [2.05, 4.69) is 9.56 Å². The molecule has 4 nitrogen and oxygen atoms in total. The normalized spacial score (nSPS) is 11.2. The first-order valence-electron chi connectivity index (χ1n) is 6.04. The Morgan fingerprint density at radius 1 is 1.39 bits per heavy atom. The molecule has 0 aliphatic carbocycles. The van der Waals surface area contributed by atoms with Crippen LogP contribution in [0, 0.1) is 0 Å². The van der Waals surface area contributed by atoms with Gasteiger partial charge in [0, 0.05) is 24.7 Å². The van der Waals surface area contributed by atoms with E-state index >= 15 is 0 Å². The molecule has 94 valence electrons. The molecule has 2 aromatic rings. The van der Waals surface area contributed by atoms with Gasteiger partial charge in [0.2, 0.25) is 6.33 Å². The molecule has 1 aromatic carbocycles. The fraction of sp³-hybridized carbons (Fsp3) is 0.286. The maximum atomic E-state index is 9.55. The first-order valence-corrected chi connectivity index (χ1v) is 6.04. The summed E-state index contributed by atoms with van der Waals surface area (Å²) in [6.45, 7) is 1.72. The van der Waals surface area contributed by atoms with E-state index in [-0.39, 0.29) is 5.75 Å². The van der Waals surface area contributed by atoms with E-state index in [4.69, 9.17) is 0 Å². The number of hydrogen-bond donors (Lipinski definition) is 1. The Morgan fingerprint density at radius 2 is 2.22 bits per heavy atom. The van der Waals surface area contributed by atoms with Crippen LogP contribution in [0.15, 0.2) is 48.0 Å². The number of phenols is 1. The zero-order valence-electron chi connectivity index (χ0n) is 10.5. The Hall–Kier alpha value is -2.10. The number of aliphatic imine (C=N–C) groups is 1. The zero-order chi connectivity index (χ0) is 12.8. The number of para-hydroxylation sites is 1. The van der Waals surface area contributed by atoms with Crippen LogP contribution < -0.4 is 4.57 Å². The van der Waals surface area contributed by atoms with Gasteiger partial charge in [0.25, 0.3) is 0 Å². The molecule has 0 amide bonds. The Labute approximate surface area is 107 Å². The minimum atomic E-state index is 0.277. The standard InChI is InChI=1S/C14H17N3O/c1-16-9-10-17(12-16)8-4-7-15-11-13-5-2-3-6-14(13)18/h2-3,5-6,9-12H,4,7-8H2,1H3/p+1. The van der Waals surface area contributed by atoms with Crippen LogP contribution in [-0.4, -0.2) is 22.4 Å². The van der Waals surface area contributed by atoms with E-state index < -0.39 is 0 Å². The van der Waals surface area contributed by atoms with Crippen LogP contribution in [-0.2, 0) is 13.6 Å². The molecule has 0 unspecified atom stereocenters. The maximum absolute atomic E-state index is 9.55. The van der Waals surface area contributed by atoms with Crippen molar-refractivity contribution >= 4 is 6.21 Å². The monoisotopic (exact) mass is 244 g/mol. The number of aromatic nitrogens is 2. The van der Waals surface area contributed by atoms with Gasteiger partial charge in [0.15, 0.2) is 0 Å². The summed E-state index contributed by atoms with van der Waals surface area (Å²) in [5.74, 6) is 0.277. The Balaban J connectivity index is 1.77. The summed E-state index contributed by atoms with van der Waals surface area (Å²) in [5.41, 5.74) is 0.768. The molecule has 1 heterocycles. The van der Waals surface area contributed by atoms with Crippen molar-refractivity contribution in [2.75, 3.05) is 6.54 Å². The molecule has 0 fully saturated rings. The Kier molecular flexibility index (Phi) is 4.12. The van der Waals surface area contributed by atoms with Crippen molar-refractivity contribution in [3.63, 3.8) is 0 Å². The largest absolute Gasteiger partial charge is 0.507 e. The predicted octanol–water partition coefficient (Wildman–Crippen LogP) is 1.53. The van der Waals surface area contributed by atoms with Crippen LogP contribution in [0.5, 0.6) is 5.75 Å². The minimum absolute atomic E-state index is 0.277. The fourth-order valence-electron chi connectivity index (χ4n) is 1.74. The Morgan fingerprint density at radius 3 is 2.94 bits per heavy atom. The van der Waals surface area contributed by atoms with Crippen molar-refractivity contribution in [1.29, 1.82) is 0 Å². The van der Waals surface area contributed by atoms with Crippen LogP contribution >= 0.6 is 0 Å². The molecule has 0 saturated carbocycles. The first kappa shape index (κ1) is 12.4. The number of hydrogen-bond acceptors (Lipinski definition) is 2. The third-order valence-electron chi connectivity index (χ3n) is 2.69. The average molecular weight is 244 g/mol. The molecule has 0 aliphatic rings. The van der Waals surface area contributed by atoms with Crippen LogP contribution in [0.1, 0.15) is 12.0 Å². The van der Waals surface area contributed by atoms with Crippen molar-refractivity contribution < 1.29 is 9.67 Å². The summed E-state index contributed by atoms with van der Waals surface area (Å²) in [6, 6.07) is 7.21. The van der Waals surface area contributed by atoms with Crippen LogP contribution in [0.3, 0.4) is 0 Å². The van der Waals surface area contributed by atoms with Gasteiger partial charge in [-0.15, -0.1) is 0 Å². The van der Waals surface area contributed by atoms with Gasteiger partial charge in [-0.25, -0.2) is 9.13 Å². The van der Waals surface area contributed by atoms with Gasteiger partial charge in [0.1, 0.15) is 18.1 Å². The van der Waals surface area contributed by atoms with E-state index in [0.717, 1.165) is 25.1 Å². The van der Waals surface area contributed by atoms with Crippen molar-refractivity contribution in [1.82, 2.24) is 4.57 Å². The first-order chi connectivity index (χ1) is 8.75. The highest BCUT2D eigenvalue weighted by Gasteiger charge is 1.98. The number of imidazole rings is 1. The average Bonchev–Trinajstić information content (AvgIpc) is 2.77. The van der Waals surface area contributed by atoms with Crippen molar-refractivity contribution in [3.05, 3.63) is 48.5 Å². The third-order valence-corrected chi connectivity index (χ3v) is 2.69. The summed E-state index contributed by atoms with van der Waals surface area (Å²) in [5, 5.41) is 9.55. The lowest BCUT2D eigenvalue weighted by Crippen LogP contribution is -2.23. The van der Waals surface area contributed by atoms with Gasteiger partial charge in [-0.05, 0) is 12.1 Å². The van der Waals surface area contributed by atoms with E-state index in [9.17, 15) is 5.11 Å². The summed E-state index contributed by atoms with van der Waals surface area (Å²) in [4.78, 5) is 4.32. The second-order valence-corrected chi connectivity index (χ2v) is 4.26. The molecule has 0 aliphatic heterocycles. The highest BCUT2D eigenvalue weighted by atomic mass is 16.3. The number of benzene rings is 1. The minimum Gasteiger partial charge on any atom is -0.507 e. The van der Waals surface area contributed by atoms with E-state index in [1.165, 1.54) is 0 Å². The number of rotatable bonds is 5. The molecular formula is C14H18N3O+. The fourth-order valence-corrected chi connectivity index (χ4v) is 1.74. The van der Waals surface area contributed by atoms with E-state index in [1.54, 1.807) is 18.3 Å². The van der Waals surface area contributed by atoms with Crippen molar-refractivity contribution in [3.8, 4) is 5.75 Å². The Bertz CT molecular complexity index is 531. The molecule has 0 bridgehead atoms. The molecule has 0 spiro atoms. The summed E-state index contributed by atoms with van der Waals surface area (Å²) >= 11 is 0. The lowest BCUT2D eigenvalue weighted by molar-refractivity contribution is -0.671. The molecule has 2 rings (SSSR count). The molecule has 1 aromatic heterocycles. The van der Waals surface area contributed by atoms with Crippen molar-refractivity contribution in [2.24, 2.45) is 12.0 Å². The van der Waals surface area contributed by atoms with Crippen LogP contribution in [0.2, 0.25) is 0 Å². The van der Waals surface area contributed by atoms with Gasteiger partial charge in [-0.2, -0.15) is 0 Å². The maximum Gasteiger partial charge on any atom is 0.243 e. The van der Waals surface area contributed by atoms with E-state index in [0.29, 0.717) is 0 Å². The van der Waals surface area contributed by atoms with Gasteiger partial charge < -0.3 is 5.11 Å². The highest BCUT2D eigenvalue weighted by molar-refractivity contribution is 5.83. The number of phenolic OH excluding ortho intramolecular Hbond substituents is 1. The zero-order valence-corrected chi connectivity index (χ0v) is 10.5. The lowest BCUT2D eigenvalue weighted by Gasteiger charge is -1.97. The van der Waals surface area contributed by atoms with E-state index in [1.807, 2.05) is 42.5 Å². The van der Waals surface area contributed by atoms with Gasteiger partial charge >= 0.3 is 0 Å². The number of aromatic hydroxyl groups is 1. The second kappa shape index (κ2) is 6.00. The molecule has 4 heteroatoms. The van der Waals surface area contributed by atoms with Crippen molar-refractivity contribution in [2.45, 2.75) is 13.0 Å². The predicted molar refractivity (Wildman–Crippen MR) is 70.8 cm³/mol. The summed E-state index contributed by atoms with van der Waals surface area (Å²) in [6.07, 6.45) is 8.83. The third kappa shape index (κ3) is 3.45. The molecule has 18 heavy (non-hydrogen) atoms. The smallest absolute Gasteiger partial charge is 0.243 e. The molecule has 0 radical (unpaired) electrons. The highest BCUT2D eigenvalue weighted by Crippen LogP contribution is 2.12. The molecular weight excluding hydrogens is 226 g/mol. The lowest BCUT2D eigenvalue weighted by atomic mass is 10.2. The topological polar surface area (TPSA) is 41.4 Å². The summed E-state index contributed by atoms with van der Waals surface area (Å²) in [7, 11) is 2.01. The van der Waals surface area contributed by atoms with Gasteiger partial charge in [-0.3, -0.25) is 4.99 Å². The number of nitrogens with zero attached hydrogens (tertiary/aromatic N) is 3. The molecule has 0 saturated heterocycles. The second-order valence-electron chi connectivity index (χ2n) is 4.26. The number of aryl methyl sites for hydroxylation is 2.